The first-order valence-electron chi connectivity index (χ1n) is 11.3. The molecule has 2 unspecified atom stereocenters. The second-order valence-corrected chi connectivity index (χ2v) is 11.7. The first-order valence-corrected chi connectivity index (χ1v) is 13.1. The van der Waals surface area contributed by atoms with Crippen LogP contribution in [0, 0.1) is 23.2 Å². The molecule has 5 rings (SSSR count). The third kappa shape index (κ3) is 3.96. The smallest absolute Gasteiger partial charge is 0.322 e. The van der Waals surface area contributed by atoms with Gasteiger partial charge in [0.2, 0.25) is 5.91 Å². The Morgan fingerprint density at radius 2 is 1.73 bits per heavy atom. The number of nitriles is 1. The van der Waals surface area contributed by atoms with Crippen molar-refractivity contribution in [2.45, 2.75) is 73.6 Å². The summed E-state index contributed by atoms with van der Waals surface area (Å²) in [5, 5.41) is 9.80. The molecule has 1 aliphatic carbocycles. The number of hydrogen-bond donors (Lipinski definition) is 2. The predicted octanol–water partition coefficient (Wildman–Crippen LogP) is 1.82. The minimum atomic E-state index is -4.03. The van der Waals surface area contributed by atoms with Crippen molar-refractivity contribution in [3.63, 3.8) is 0 Å². The van der Waals surface area contributed by atoms with Gasteiger partial charge < -0.3 is 15.5 Å². The van der Waals surface area contributed by atoms with Gasteiger partial charge in [-0.05, 0) is 74.6 Å². The predicted molar refractivity (Wildman–Crippen MR) is 119 cm³/mol. The third-order valence-electron chi connectivity index (χ3n) is 7.65. The van der Waals surface area contributed by atoms with Crippen LogP contribution in [0.1, 0.15) is 38.5 Å². The Hall–Kier alpha value is -2.35. The monoisotopic (exact) mass is 491 g/mol. The summed E-state index contributed by atoms with van der Waals surface area (Å²) in [6, 6.07) is 5.87. The lowest BCUT2D eigenvalue weighted by atomic mass is 9.84. The fourth-order valence-electron chi connectivity index (χ4n) is 5.95. The van der Waals surface area contributed by atoms with Crippen LogP contribution in [0.4, 0.5) is 4.79 Å². The van der Waals surface area contributed by atoms with E-state index in [9.17, 15) is 23.3 Å². The van der Waals surface area contributed by atoms with Crippen LogP contribution in [-0.2, 0) is 14.8 Å². The van der Waals surface area contributed by atoms with E-state index >= 15 is 0 Å². The second-order valence-electron chi connectivity index (χ2n) is 9.60. The molecule has 176 valence electrons. The van der Waals surface area contributed by atoms with Crippen LogP contribution < -0.4 is 10.5 Å². The van der Waals surface area contributed by atoms with Gasteiger partial charge in [0.1, 0.15) is 6.04 Å². The molecule has 3 amide bonds. The summed E-state index contributed by atoms with van der Waals surface area (Å²) in [5.41, 5.74) is 6.41. The number of hydrogen-bond acceptors (Lipinski definition) is 6. The van der Waals surface area contributed by atoms with E-state index in [0.717, 1.165) is 25.7 Å². The summed E-state index contributed by atoms with van der Waals surface area (Å²) in [6.45, 7) is 0. The largest absolute Gasteiger partial charge is 0.331 e. The first-order chi connectivity index (χ1) is 15.7. The number of sulfonamides is 1. The van der Waals surface area contributed by atoms with E-state index in [4.69, 9.17) is 17.3 Å². The Labute approximate surface area is 197 Å². The Kier molecular flexibility index (Phi) is 5.54. The molecule has 0 spiro atoms. The number of fused-ring (bicyclic) bond motifs is 3. The number of amides is 3. The molecule has 3 saturated heterocycles. The van der Waals surface area contributed by atoms with Crippen molar-refractivity contribution in [3.05, 3.63) is 29.3 Å². The highest BCUT2D eigenvalue weighted by molar-refractivity contribution is 7.90. The normalized spacial score (nSPS) is 33.2. The summed E-state index contributed by atoms with van der Waals surface area (Å²) in [5.74, 6) is 0.151. The summed E-state index contributed by atoms with van der Waals surface area (Å²) >= 11 is 5.82. The number of nitrogens with zero attached hydrogens (tertiary/aromatic N) is 3. The number of halogens is 1. The molecule has 1 aromatic carbocycles. The second kappa shape index (κ2) is 8.15. The van der Waals surface area contributed by atoms with E-state index in [0.29, 0.717) is 23.8 Å². The molecule has 11 heteroatoms. The van der Waals surface area contributed by atoms with Gasteiger partial charge in [0.15, 0.2) is 0 Å². The average molecular weight is 492 g/mol. The zero-order chi connectivity index (χ0) is 23.5. The quantitative estimate of drug-likeness (QED) is 0.659. The Morgan fingerprint density at radius 1 is 1.09 bits per heavy atom. The lowest BCUT2D eigenvalue weighted by Crippen LogP contribution is -2.57. The first kappa shape index (κ1) is 22.4. The van der Waals surface area contributed by atoms with E-state index in [1.165, 1.54) is 24.3 Å². The number of rotatable bonds is 4. The molecule has 9 nitrogen and oxygen atoms in total. The van der Waals surface area contributed by atoms with Crippen molar-refractivity contribution >= 4 is 33.6 Å². The Morgan fingerprint density at radius 3 is 2.33 bits per heavy atom. The molecule has 1 saturated carbocycles. The zero-order valence-corrected chi connectivity index (χ0v) is 19.5. The standard InChI is InChI=1S/C22H26ClN5O4S/c23-14-1-5-18(6-2-14)33(31,32)26-22(30)27-15-3-4-16(27)9-13(8-15)20(25)21(29)28-17(11-24)7-12-10-19(12)28/h1-2,5-6,12-13,15-17,19-20H,3-4,7-10,25H2,(H,26,30)/t12-,13?,15?,16?,17+,19+,20+/m1/s1. The van der Waals surface area contributed by atoms with Gasteiger partial charge in [-0.1, -0.05) is 11.6 Å². The number of carbonyl (C=O) groups excluding carboxylic acids is 2. The molecular weight excluding hydrogens is 466 g/mol. The van der Waals surface area contributed by atoms with Gasteiger partial charge >= 0.3 is 6.03 Å². The van der Waals surface area contributed by atoms with Crippen molar-refractivity contribution in [3.8, 4) is 6.07 Å². The van der Waals surface area contributed by atoms with Gasteiger partial charge in [-0.2, -0.15) is 5.26 Å². The van der Waals surface area contributed by atoms with E-state index in [-0.39, 0.29) is 34.8 Å². The van der Waals surface area contributed by atoms with Crippen molar-refractivity contribution in [1.82, 2.24) is 14.5 Å². The summed E-state index contributed by atoms with van der Waals surface area (Å²) in [4.78, 5) is 29.3. The molecule has 3 heterocycles. The van der Waals surface area contributed by atoms with Crippen LogP contribution in [-0.4, -0.2) is 60.4 Å². The van der Waals surface area contributed by atoms with Crippen LogP contribution in [0.3, 0.4) is 0 Å². The van der Waals surface area contributed by atoms with Crippen LogP contribution >= 0.6 is 11.6 Å². The zero-order valence-electron chi connectivity index (χ0n) is 17.9. The van der Waals surface area contributed by atoms with Crippen LogP contribution in [0.2, 0.25) is 5.02 Å². The highest BCUT2D eigenvalue weighted by Crippen LogP contribution is 2.48. The van der Waals surface area contributed by atoms with Crippen LogP contribution in [0.5, 0.6) is 0 Å². The molecule has 0 aromatic heterocycles. The maximum absolute atomic E-state index is 13.1. The lowest BCUT2D eigenvalue weighted by molar-refractivity contribution is -0.135. The van der Waals surface area contributed by atoms with Gasteiger partial charge in [-0.15, -0.1) is 0 Å². The number of nitrogens with one attached hydrogen (secondary N) is 1. The molecule has 0 radical (unpaired) electrons. The number of urea groups is 1. The minimum absolute atomic E-state index is 0.0360. The summed E-state index contributed by atoms with van der Waals surface area (Å²) in [6.07, 6.45) is 4.24. The summed E-state index contributed by atoms with van der Waals surface area (Å²) in [7, 11) is -4.03. The van der Waals surface area contributed by atoms with Gasteiger partial charge in [0, 0.05) is 23.1 Å². The van der Waals surface area contributed by atoms with Crippen molar-refractivity contribution in [2.24, 2.45) is 17.6 Å². The van der Waals surface area contributed by atoms with Gasteiger partial charge in [0.05, 0.1) is 17.0 Å². The highest BCUT2D eigenvalue weighted by Gasteiger charge is 2.56. The maximum atomic E-state index is 13.1. The molecule has 33 heavy (non-hydrogen) atoms. The van der Waals surface area contributed by atoms with Crippen molar-refractivity contribution in [1.29, 1.82) is 5.26 Å². The molecule has 4 fully saturated rings. The lowest BCUT2D eigenvalue weighted by Gasteiger charge is -2.41. The summed E-state index contributed by atoms with van der Waals surface area (Å²) < 4.78 is 27.4. The number of carbonyl (C=O) groups is 2. The number of nitrogens with two attached hydrogens (primary N) is 1. The van der Waals surface area contributed by atoms with Crippen molar-refractivity contribution < 1.29 is 18.0 Å². The van der Waals surface area contributed by atoms with Crippen LogP contribution in [0.15, 0.2) is 29.2 Å². The van der Waals surface area contributed by atoms with E-state index in [1.54, 1.807) is 9.80 Å². The Bertz CT molecular complexity index is 1110. The molecule has 3 N–H and O–H groups in total. The van der Waals surface area contributed by atoms with E-state index in [1.807, 2.05) is 0 Å². The van der Waals surface area contributed by atoms with Crippen LogP contribution in [0.25, 0.3) is 0 Å². The molecule has 4 aliphatic rings. The number of piperidine rings is 2. The van der Waals surface area contributed by atoms with Crippen molar-refractivity contribution in [2.75, 3.05) is 0 Å². The maximum Gasteiger partial charge on any atom is 0.331 e. The topological polar surface area (TPSA) is 137 Å². The number of likely N-dealkylation sites (tertiary alicyclic amines) is 1. The third-order valence-corrected chi connectivity index (χ3v) is 9.24. The molecule has 1 aromatic rings. The fourth-order valence-corrected chi connectivity index (χ4v) is 7.02. The molecule has 3 aliphatic heterocycles. The number of benzene rings is 1. The minimum Gasteiger partial charge on any atom is -0.322 e. The van der Waals surface area contributed by atoms with E-state index < -0.39 is 28.1 Å². The SMILES string of the molecule is N#C[C@@H]1C[C@@H]2C[C@@H]2N1C(=O)[C@@H](N)C1CC2CCC(C1)N2C(=O)NS(=O)(=O)c1ccc(Cl)cc1. The average Bonchev–Trinajstić information content (AvgIpc) is 3.36. The molecular formula is C22H26ClN5O4S. The highest BCUT2D eigenvalue weighted by atomic mass is 35.5. The van der Waals surface area contributed by atoms with Gasteiger partial charge in [-0.3, -0.25) is 4.79 Å². The van der Waals surface area contributed by atoms with Gasteiger partial charge in [-0.25, -0.2) is 17.9 Å². The molecule has 2 bridgehead atoms. The van der Waals surface area contributed by atoms with E-state index in [2.05, 4.69) is 10.8 Å². The Balaban J connectivity index is 1.25. The molecule has 6 atom stereocenters. The fraction of sp³-hybridized carbons (Fsp3) is 0.591. The van der Waals surface area contributed by atoms with Gasteiger partial charge in [0.25, 0.3) is 10.0 Å².